The van der Waals surface area contributed by atoms with Gasteiger partial charge < -0.3 is 0 Å². The van der Waals surface area contributed by atoms with E-state index in [9.17, 15) is 9.59 Å². The minimum Gasteiger partial charge on any atom is -0.298 e. The van der Waals surface area contributed by atoms with Crippen LogP contribution in [0.3, 0.4) is 0 Å². The number of aryl methyl sites for hydroxylation is 1. The topological polar surface area (TPSA) is 76.9 Å². The van der Waals surface area contributed by atoms with Crippen molar-refractivity contribution in [1.82, 2.24) is 14.5 Å². The Labute approximate surface area is 233 Å². The molecule has 2 heterocycles. The maximum Gasteiger partial charge on any atom is 0.266 e. The van der Waals surface area contributed by atoms with Gasteiger partial charge in [0.15, 0.2) is 11.0 Å². The molecule has 6 nitrogen and oxygen atoms in total. The van der Waals surface area contributed by atoms with E-state index < -0.39 is 0 Å². The lowest BCUT2D eigenvalue weighted by molar-refractivity contribution is 0.102. The molecule has 2 aromatic heterocycles. The molecule has 1 N–H and O–H groups in total. The third-order valence-corrected chi connectivity index (χ3v) is 7.49. The number of hydrogen-bond donors (Lipinski definition) is 1. The molecule has 0 saturated heterocycles. The number of halogens is 1. The predicted octanol–water partition coefficient (Wildman–Crippen LogP) is 7.39. The van der Waals surface area contributed by atoms with E-state index in [0.717, 1.165) is 11.1 Å². The van der Waals surface area contributed by atoms with Crippen molar-refractivity contribution in [3.8, 4) is 27.6 Å². The second kappa shape index (κ2) is 10.3. The molecular formula is C31H21ClN4O2S. The molecule has 8 heteroatoms. The summed E-state index contributed by atoms with van der Waals surface area (Å²) >= 11 is 7.43. The van der Waals surface area contributed by atoms with Gasteiger partial charge in [0.1, 0.15) is 4.88 Å². The quantitative estimate of drug-likeness (QED) is 0.244. The lowest BCUT2D eigenvalue weighted by Gasteiger charge is -2.14. The molecule has 6 rings (SSSR count). The summed E-state index contributed by atoms with van der Waals surface area (Å²) in [6.07, 6.45) is 0. The number of anilines is 1. The molecule has 0 aliphatic rings. The largest absolute Gasteiger partial charge is 0.298 e. The minimum atomic E-state index is -0.267. The first kappa shape index (κ1) is 24.7. The fraction of sp³-hybridized carbons (Fsp3) is 0.0323. The Morgan fingerprint density at radius 2 is 1.54 bits per heavy atom. The molecule has 190 valence electrons. The average Bonchev–Trinajstić information content (AvgIpc) is 3.38. The first-order chi connectivity index (χ1) is 19.0. The van der Waals surface area contributed by atoms with E-state index in [1.54, 1.807) is 47.0 Å². The third-order valence-electron chi connectivity index (χ3n) is 6.27. The lowest BCUT2D eigenvalue weighted by atomic mass is 10.1. The maximum atomic E-state index is 13.9. The van der Waals surface area contributed by atoms with Crippen molar-refractivity contribution in [3.63, 3.8) is 0 Å². The molecule has 0 aliphatic carbocycles. The van der Waals surface area contributed by atoms with Crippen LogP contribution in [0.1, 0.15) is 15.9 Å². The van der Waals surface area contributed by atoms with E-state index >= 15 is 0 Å². The summed E-state index contributed by atoms with van der Waals surface area (Å²) in [6.45, 7) is 1.97. The highest BCUT2D eigenvalue weighted by molar-refractivity contribution is 7.19. The number of para-hydroxylation sites is 1. The molecular weight excluding hydrogens is 528 g/mol. The minimum absolute atomic E-state index is 0.212. The first-order valence-electron chi connectivity index (χ1n) is 12.2. The van der Waals surface area contributed by atoms with E-state index in [-0.39, 0.29) is 11.5 Å². The summed E-state index contributed by atoms with van der Waals surface area (Å²) in [5.41, 5.74) is 4.03. The number of rotatable bonds is 5. The molecule has 6 aromatic rings. The first-order valence-corrected chi connectivity index (χ1v) is 13.4. The predicted molar refractivity (Wildman–Crippen MR) is 158 cm³/mol. The van der Waals surface area contributed by atoms with E-state index in [2.05, 4.69) is 5.32 Å². The summed E-state index contributed by atoms with van der Waals surface area (Å²) in [7, 11) is 0. The van der Waals surface area contributed by atoms with Crippen molar-refractivity contribution in [2.75, 3.05) is 5.32 Å². The van der Waals surface area contributed by atoms with Crippen LogP contribution in [0.25, 0.3) is 38.5 Å². The van der Waals surface area contributed by atoms with Gasteiger partial charge in [-0.1, -0.05) is 83.1 Å². The molecule has 0 fully saturated rings. The number of fused-ring (bicyclic) bond motifs is 1. The van der Waals surface area contributed by atoms with Crippen LogP contribution in [-0.4, -0.2) is 20.4 Å². The fourth-order valence-electron chi connectivity index (χ4n) is 4.31. The van der Waals surface area contributed by atoms with Gasteiger partial charge in [0.05, 0.1) is 22.3 Å². The third kappa shape index (κ3) is 4.85. The van der Waals surface area contributed by atoms with Gasteiger partial charge in [0.2, 0.25) is 0 Å². The second-order valence-corrected chi connectivity index (χ2v) is 10.4. The Bertz CT molecular complexity index is 1880. The Hall–Kier alpha value is -4.59. The van der Waals surface area contributed by atoms with Gasteiger partial charge in [0, 0.05) is 16.1 Å². The summed E-state index contributed by atoms with van der Waals surface area (Å²) in [6, 6.07) is 31.3. The Kier molecular flexibility index (Phi) is 6.52. The van der Waals surface area contributed by atoms with Gasteiger partial charge >= 0.3 is 0 Å². The molecule has 0 bridgehead atoms. The molecule has 39 heavy (non-hydrogen) atoms. The zero-order chi connectivity index (χ0) is 26.9. The Morgan fingerprint density at radius 1 is 0.846 bits per heavy atom. The zero-order valence-electron chi connectivity index (χ0n) is 20.8. The van der Waals surface area contributed by atoms with Crippen LogP contribution in [0.15, 0.2) is 108 Å². The molecule has 0 saturated carbocycles. The Balaban J connectivity index is 1.57. The van der Waals surface area contributed by atoms with Crippen LogP contribution in [0.4, 0.5) is 5.13 Å². The van der Waals surface area contributed by atoms with Crippen LogP contribution >= 0.6 is 22.9 Å². The summed E-state index contributed by atoms with van der Waals surface area (Å²) in [4.78, 5) is 37.3. The number of amides is 1. The molecule has 0 unspecified atom stereocenters. The van der Waals surface area contributed by atoms with Gasteiger partial charge in [-0.05, 0) is 55.5 Å². The highest BCUT2D eigenvalue weighted by atomic mass is 35.5. The number of nitrogens with one attached hydrogen (secondary N) is 1. The lowest BCUT2D eigenvalue weighted by Crippen LogP contribution is -2.21. The molecule has 0 atom stereocenters. The summed E-state index contributed by atoms with van der Waals surface area (Å²) < 4.78 is 1.57. The monoisotopic (exact) mass is 548 g/mol. The van der Waals surface area contributed by atoms with Crippen molar-refractivity contribution < 1.29 is 4.79 Å². The van der Waals surface area contributed by atoms with Gasteiger partial charge in [-0.25, -0.2) is 9.97 Å². The van der Waals surface area contributed by atoms with Gasteiger partial charge in [0.25, 0.3) is 11.5 Å². The smallest absolute Gasteiger partial charge is 0.266 e. The average molecular weight is 549 g/mol. The molecule has 0 spiro atoms. The number of carbonyl (C=O) groups is 1. The van der Waals surface area contributed by atoms with Crippen LogP contribution in [-0.2, 0) is 0 Å². The summed E-state index contributed by atoms with van der Waals surface area (Å²) in [5, 5.41) is 4.39. The highest BCUT2D eigenvalue weighted by Gasteiger charge is 2.23. The van der Waals surface area contributed by atoms with Crippen LogP contribution < -0.4 is 10.9 Å². The van der Waals surface area contributed by atoms with E-state index in [4.69, 9.17) is 21.6 Å². The fourth-order valence-corrected chi connectivity index (χ4v) is 5.39. The van der Waals surface area contributed by atoms with Crippen molar-refractivity contribution in [1.29, 1.82) is 0 Å². The normalized spacial score (nSPS) is 11.0. The number of nitrogens with zero attached hydrogens (tertiary/aromatic N) is 3. The number of aromatic nitrogens is 3. The van der Waals surface area contributed by atoms with Crippen molar-refractivity contribution in [3.05, 3.63) is 130 Å². The SMILES string of the molecule is Cc1ccc(C(=O)Nc2nc(-c3ccccc3)c(-c3nc4ccccc4c(=O)n3-c3ccc(Cl)cc3)s2)cc1. The van der Waals surface area contributed by atoms with Crippen LogP contribution in [0, 0.1) is 6.92 Å². The van der Waals surface area contributed by atoms with Crippen molar-refractivity contribution in [2.45, 2.75) is 6.92 Å². The van der Waals surface area contributed by atoms with Crippen LogP contribution in [0.2, 0.25) is 5.02 Å². The molecule has 1 amide bonds. The van der Waals surface area contributed by atoms with E-state index in [1.807, 2.05) is 67.6 Å². The van der Waals surface area contributed by atoms with Crippen molar-refractivity contribution >= 4 is 44.9 Å². The zero-order valence-corrected chi connectivity index (χ0v) is 22.3. The number of thiazole rings is 1. The van der Waals surface area contributed by atoms with E-state index in [1.165, 1.54) is 11.3 Å². The standard InChI is InChI=1S/C31H21ClN4O2S/c1-19-11-13-21(14-12-19)29(37)35-31-34-26(20-7-3-2-4-8-20)27(39-31)28-33-25-10-6-5-9-24(25)30(38)36(28)23-17-15-22(32)16-18-23/h2-18H,1H3,(H,34,35,37). The second-order valence-electron chi connectivity index (χ2n) is 8.95. The van der Waals surface area contributed by atoms with Crippen molar-refractivity contribution in [2.24, 2.45) is 0 Å². The number of benzene rings is 4. The summed E-state index contributed by atoms with van der Waals surface area (Å²) in [5.74, 6) is 0.157. The molecule has 0 aliphatic heterocycles. The highest BCUT2D eigenvalue weighted by Crippen LogP contribution is 2.39. The number of hydrogen-bond acceptors (Lipinski definition) is 5. The van der Waals surface area contributed by atoms with Gasteiger partial charge in [-0.3, -0.25) is 19.5 Å². The Morgan fingerprint density at radius 3 is 2.28 bits per heavy atom. The molecule has 0 radical (unpaired) electrons. The van der Waals surface area contributed by atoms with Gasteiger partial charge in [-0.15, -0.1) is 0 Å². The van der Waals surface area contributed by atoms with Crippen LogP contribution in [0.5, 0.6) is 0 Å². The maximum absolute atomic E-state index is 13.9. The van der Waals surface area contributed by atoms with E-state index in [0.29, 0.717) is 48.7 Å². The molecule has 4 aromatic carbocycles. The number of carbonyl (C=O) groups excluding carboxylic acids is 1. The van der Waals surface area contributed by atoms with Gasteiger partial charge in [-0.2, -0.15) is 0 Å².